The van der Waals surface area contributed by atoms with Gasteiger partial charge in [0.2, 0.25) is 0 Å². The largest absolute Gasteiger partial charge is 0.488 e. The Kier molecular flexibility index (Phi) is 7.09. The first-order valence-electron chi connectivity index (χ1n) is 9.18. The Bertz CT molecular complexity index is 1180. The normalized spacial score (nSPS) is 16.0. The van der Waals surface area contributed by atoms with E-state index >= 15 is 0 Å². The summed E-state index contributed by atoms with van der Waals surface area (Å²) in [5, 5.41) is 3.19. The number of rotatable bonds is 5. The van der Waals surface area contributed by atoms with Crippen molar-refractivity contribution < 1.29 is 13.9 Å². The van der Waals surface area contributed by atoms with Gasteiger partial charge in [-0.2, -0.15) is 0 Å². The molecule has 1 heterocycles. The van der Waals surface area contributed by atoms with Crippen LogP contribution in [0.25, 0.3) is 6.08 Å². The molecule has 1 N–H and O–H groups in total. The van der Waals surface area contributed by atoms with Crippen LogP contribution in [0.4, 0.5) is 10.1 Å². The first-order valence-corrected chi connectivity index (χ1v) is 11.9. The van der Waals surface area contributed by atoms with Crippen molar-refractivity contribution in [3.63, 3.8) is 0 Å². The van der Waals surface area contributed by atoms with Crippen molar-refractivity contribution in [3.8, 4) is 5.75 Å². The monoisotopic (exact) mass is 608 g/mol. The van der Waals surface area contributed by atoms with Crippen LogP contribution in [0, 0.1) is 9.39 Å². The number of nitrogens with one attached hydrogen (secondary N) is 1. The van der Waals surface area contributed by atoms with Crippen LogP contribution in [0.2, 0.25) is 0 Å². The molecule has 4 nitrogen and oxygen atoms in total. The average Bonchev–Trinajstić information content (AvgIpc) is 3.09. The molecule has 1 aliphatic rings. The van der Waals surface area contributed by atoms with Gasteiger partial charge in [-0.1, -0.05) is 28.1 Å². The number of hydrogen-bond acceptors (Lipinski definition) is 4. The molecule has 3 aromatic carbocycles. The van der Waals surface area contributed by atoms with Crippen LogP contribution in [0.15, 0.2) is 81.1 Å². The van der Waals surface area contributed by atoms with Crippen molar-refractivity contribution in [1.29, 1.82) is 0 Å². The molecule has 0 atom stereocenters. The summed E-state index contributed by atoms with van der Waals surface area (Å²) in [7, 11) is 0. The van der Waals surface area contributed by atoms with Crippen molar-refractivity contribution in [3.05, 3.63) is 96.6 Å². The Hall–Kier alpha value is -2.17. The molecule has 156 valence electrons. The second-order valence-electron chi connectivity index (χ2n) is 6.56. The number of amidine groups is 1. The predicted octanol–water partition coefficient (Wildman–Crippen LogP) is 6.66. The van der Waals surface area contributed by atoms with Crippen LogP contribution in [0.1, 0.15) is 11.1 Å². The van der Waals surface area contributed by atoms with E-state index in [4.69, 9.17) is 4.74 Å². The summed E-state index contributed by atoms with van der Waals surface area (Å²) in [6.07, 6.45) is 1.78. The van der Waals surface area contributed by atoms with E-state index in [2.05, 4.69) is 48.8 Å². The number of amides is 1. The van der Waals surface area contributed by atoms with Crippen LogP contribution >= 0.6 is 50.3 Å². The zero-order chi connectivity index (χ0) is 21.8. The smallest absolute Gasteiger partial charge is 0.264 e. The Balaban J connectivity index is 1.54. The van der Waals surface area contributed by atoms with E-state index in [1.165, 1.54) is 23.9 Å². The Morgan fingerprint density at radius 2 is 1.84 bits per heavy atom. The average molecular weight is 609 g/mol. The molecule has 8 heteroatoms. The molecule has 1 amide bonds. The fourth-order valence-electron chi connectivity index (χ4n) is 2.76. The fourth-order valence-corrected chi connectivity index (χ4v) is 4.33. The van der Waals surface area contributed by atoms with Crippen molar-refractivity contribution >= 4 is 73.1 Å². The van der Waals surface area contributed by atoms with E-state index in [-0.39, 0.29) is 11.7 Å². The quantitative estimate of drug-likeness (QED) is 0.260. The van der Waals surface area contributed by atoms with Crippen molar-refractivity contribution in [1.82, 2.24) is 5.32 Å². The second-order valence-corrected chi connectivity index (χ2v) is 9.75. The molecule has 1 fully saturated rings. The van der Waals surface area contributed by atoms with E-state index in [0.717, 1.165) is 19.2 Å². The van der Waals surface area contributed by atoms with Gasteiger partial charge in [0, 0.05) is 13.6 Å². The van der Waals surface area contributed by atoms with Gasteiger partial charge >= 0.3 is 0 Å². The zero-order valence-corrected chi connectivity index (χ0v) is 20.5. The summed E-state index contributed by atoms with van der Waals surface area (Å²) >= 11 is 6.97. The molecule has 0 radical (unpaired) electrons. The zero-order valence-electron chi connectivity index (χ0n) is 15.9. The first kappa shape index (κ1) is 22.0. The van der Waals surface area contributed by atoms with Gasteiger partial charge in [0.25, 0.3) is 5.91 Å². The Morgan fingerprint density at radius 1 is 1.10 bits per heavy atom. The molecule has 1 saturated heterocycles. The van der Waals surface area contributed by atoms with Gasteiger partial charge in [0.05, 0.1) is 10.6 Å². The van der Waals surface area contributed by atoms with E-state index in [1.807, 2.05) is 42.5 Å². The molecule has 31 heavy (non-hydrogen) atoms. The number of thioether (sulfide) groups is 1. The molecule has 0 unspecified atom stereocenters. The summed E-state index contributed by atoms with van der Waals surface area (Å²) in [4.78, 5) is 17.3. The van der Waals surface area contributed by atoms with Gasteiger partial charge in [-0.25, -0.2) is 9.38 Å². The van der Waals surface area contributed by atoms with E-state index in [9.17, 15) is 9.18 Å². The third kappa shape index (κ3) is 5.96. The van der Waals surface area contributed by atoms with Crippen LogP contribution in [0.3, 0.4) is 0 Å². The molecule has 0 bridgehead atoms. The highest BCUT2D eigenvalue weighted by Gasteiger charge is 2.24. The topological polar surface area (TPSA) is 50.7 Å². The Morgan fingerprint density at radius 3 is 2.58 bits per heavy atom. The van der Waals surface area contributed by atoms with E-state index in [1.54, 1.807) is 18.2 Å². The Labute approximate surface area is 205 Å². The highest BCUT2D eigenvalue weighted by molar-refractivity contribution is 14.1. The minimum Gasteiger partial charge on any atom is -0.488 e. The van der Waals surface area contributed by atoms with Crippen LogP contribution < -0.4 is 10.1 Å². The summed E-state index contributed by atoms with van der Waals surface area (Å²) in [5.41, 5.74) is 2.40. The SMILES string of the molecule is O=C1NC(=Nc2ccc(F)cc2)S/C1=C/c1cc(Br)ccc1OCc1ccc(I)cc1. The summed E-state index contributed by atoms with van der Waals surface area (Å²) in [6, 6.07) is 19.6. The molecule has 0 saturated carbocycles. The maximum absolute atomic E-state index is 13.1. The minimum absolute atomic E-state index is 0.241. The molecular weight excluding hydrogens is 594 g/mol. The summed E-state index contributed by atoms with van der Waals surface area (Å²) < 4.78 is 21.1. The van der Waals surface area contributed by atoms with Gasteiger partial charge in [-0.15, -0.1) is 0 Å². The lowest BCUT2D eigenvalue weighted by Crippen LogP contribution is -2.19. The van der Waals surface area contributed by atoms with Gasteiger partial charge in [0.15, 0.2) is 5.17 Å². The van der Waals surface area contributed by atoms with Gasteiger partial charge < -0.3 is 10.1 Å². The molecule has 0 spiro atoms. The summed E-state index contributed by atoms with van der Waals surface area (Å²) in [5.74, 6) is 0.0982. The van der Waals surface area contributed by atoms with Gasteiger partial charge in [0.1, 0.15) is 18.2 Å². The lowest BCUT2D eigenvalue weighted by molar-refractivity contribution is -0.115. The minimum atomic E-state index is -0.333. The van der Waals surface area contributed by atoms with Crippen molar-refractivity contribution in [2.45, 2.75) is 6.61 Å². The van der Waals surface area contributed by atoms with Crippen molar-refractivity contribution in [2.75, 3.05) is 0 Å². The van der Waals surface area contributed by atoms with Crippen molar-refractivity contribution in [2.24, 2.45) is 4.99 Å². The van der Waals surface area contributed by atoms with Crippen LogP contribution in [-0.4, -0.2) is 11.1 Å². The lowest BCUT2D eigenvalue weighted by atomic mass is 10.2. The second kappa shape index (κ2) is 9.97. The standard InChI is InChI=1S/C23H15BrFIN2O2S/c24-16-3-10-20(30-13-14-1-6-18(26)7-2-14)15(11-16)12-21-22(29)28-23(31-21)27-19-8-4-17(25)5-9-19/h1-12H,13H2,(H,27,28,29)/b21-12+. The molecule has 4 rings (SSSR count). The number of nitrogens with zero attached hydrogens (tertiary/aromatic N) is 1. The molecule has 1 aliphatic heterocycles. The number of carbonyl (C=O) groups is 1. The maximum atomic E-state index is 13.1. The van der Waals surface area contributed by atoms with Gasteiger partial charge in [-0.05, 0) is 101 Å². The number of ether oxygens (including phenoxy) is 1. The molecule has 3 aromatic rings. The van der Waals surface area contributed by atoms with Crippen LogP contribution in [0.5, 0.6) is 5.75 Å². The maximum Gasteiger partial charge on any atom is 0.264 e. The first-order chi connectivity index (χ1) is 15.0. The third-order valence-corrected chi connectivity index (χ3v) is 6.40. The van der Waals surface area contributed by atoms with E-state index in [0.29, 0.717) is 28.1 Å². The fraction of sp³-hybridized carbons (Fsp3) is 0.0435. The highest BCUT2D eigenvalue weighted by Crippen LogP contribution is 2.32. The number of halogens is 3. The summed E-state index contributed by atoms with van der Waals surface area (Å²) in [6.45, 7) is 0.422. The number of carbonyl (C=O) groups excluding carboxylic acids is 1. The molecule has 0 aromatic heterocycles. The van der Waals surface area contributed by atoms with E-state index < -0.39 is 0 Å². The lowest BCUT2D eigenvalue weighted by Gasteiger charge is -2.10. The van der Waals surface area contributed by atoms with Gasteiger partial charge in [-0.3, -0.25) is 4.79 Å². The number of benzene rings is 3. The molecule has 0 aliphatic carbocycles. The third-order valence-electron chi connectivity index (χ3n) is 4.27. The van der Waals surface area contributed by atoms with Crippen LogP contribution in [-0.2, 0) is 11.4 Å². The highest BCUT2D eigenvalue weighted by atomic mass is 127. The number of hydrogen-bond donors (Lipinski definition) is 1. The predicted molar refractivity (Wildman–Crippen MR) is 135 cm³/mol. The molecular formula is C23H15BrFIN2O2S. The number of aliphatic imine (C=N–C) groups is 1.